The molecule has 4 rings (SSSR count). The van der Waals surface area contributed by atoms with Gasteiger partial charge in [-0.05, 0) is 41.0 Å². The number of hydrogen-bond donors (Lipinski definition) is 2. The molecule has 0 saturated heterocycles. The van der Waals surface area contributed by atoms with Crippen LogP contribution in [0.15, 0.2) is 48.5 Å². The van der Waals surface area contributed by atoms with Crippen LogP contribution in [0.25, 0.3) is 11.1 Å². The number of aliphatic carboxylic acids is 1. The zero-order chi connectivity index (χ0) is 23.4. The van der Waals surface area contributed by atoms with Crippen LogP contribution in [-0.4, -0.2) is 53.7 Å². The van der Waals surface area contributed by atoms with Gasteiger partial charge in [-0.25, -0.2) is 4.79 Å². The molecule has 170 valence electrons. The smallest absolute Gasteiger partial charge is 0.407 e. The van der Waals surface area contributed by atoms with Gasteiger partial charge in [-0.3, -0.25) is 9.59 Å². The minimum atomic E-state index is -1.10. The van der Waals surface area contributed by atoms with Crippen molar-refractivity contribution in [3.05, 3.63) is 59.7 Å². The molecular formula is C26H26N2O5. The maximum Gasteiger partial charge on any atom is 0.407 e. The van der Waals surface area contributed by atoms with Gasteiger partial charge in [-0.2, -0.15) is 0 Å². The summed E-state index contributed by atoms with van der Waals surface area (Å²) in [5.74, 6) is 1.04. The molecule has 0 heterocycles. The summed E-state index contributed by atoms with van der Waals surface area (Å²) in [7, 11) is 0. The van der Waals surface area contributed by atoms with Gasteiger partial charge in [0.2, 0.25) is 5.91 Å². The van der Waals surface area contributed by atoms with Crippen LogP contribution in [0.1, 0.15) is 36.3 Å². The molecule has 2 N–H and O–H groups in total. The molecule has 7 heteroatoms. The highest BCUT2D eigenvalue weighted by Gasteiger charge is 2.34. The number of benzene rings is 2. The minimum absolute atomic E-state index is 0.00582. The van der Waals surface area contributed by atoms with Gasteiger partial charge in [0.05, 0.1) is 6.54 Å². The van der Waals surface area contributed by atoms with Crippen LogP contribution in [-0.2, 0) is 14.3 Å². The zero-order valence-corrected chi connectivity index (χ0v) is 18.2. The van der Waals surface area contributed by atoms with Crippen molar-refractivity contribution >= 4 is 18.0 Å². The topological polar surface area (TPSA) is 95.9 Å². The first-order valence-corrected chi connectivity index (χ1v) is 11.0. The normalized spacial score (nSPS) is 18.3. The van der Waals surface area contributed by atoms with Crippen molar-refractivity contribution in [1.29, 1.82) is 0 Å². The predicted octanol–water partition coefficient (Wildman–Crippen LogP) is 3.24. The number of nitrogens with one attached hydrogen (secondary N) is 1. The lowest BCUT2D eigenvalue weighted by molar-refractivity contribution is -0.144. The molecule has 1 saturated carbocycles. The Morgan fingerprint density at radius 1 is 1.06 bits per heavy atom. The second kappa shape index (κ2) is 9.78. The zero-order valence-electron chi connectivity index (χ0n) is 18.2. The van der Waals surface area contributed by atoms with Gasteiger partial charge in [-0.1, -0.05) is 54.5 Å². The van der Waals surface area contributed by atoms with E-state index in [0.29, 0.717) is 12.8 Å². The van der Waals surface area contributed by atoms with E-state index >= 15 is 0 Å². The van der Waals surface area contributed by atoms with E-state index in [2.05, 4.69) is 35.5 Å². The van der Waals surface area contributed by atoms with Crippen molar-refractivity contribution in [2.24, 2.45) is 5.92 Å². The number of terminal acetylenes is 1. The molecule has 2 aromatic carbocycles. The average molecular weight is 447 g/mol. The van der Waals surface area contributed by atoms with E-state index in [4.69, 9.17) is 16.3 Å². The maximum atomic E-state index is 12.4. The Morgan fingerprint density at radius 2 is 1.67 bits per heavy atom. The largest absolute Gasteiger partial charge is 0.480 e. The molecule has 2 aromatic rings. The summed E-state index contributed by atoms with van der Waals surface area (Å²) in [6, 6.07) is 16.3. The number of nitrogens with zero attached hydrogens (tertiary/aromatic N) is 1. The van der Waals surface area contributed by atoms with Gasteiger partial charge < -0.3 is 20.1 Å². The summed E-state index contributed by atoms with van der Waals surface area (Å²) >= 11 is 0. The lowest BCUT2D eigenvalue weighted by atomic mass is 9.78. The number of fused-ring (bicyclic) bond motifs is 3. The summed E-state index contributed by atoms with van der Waals surface area (Å²) in [5.41, 5.74) is 4.67. The molecule has 0 spiro atoms. The van der Waals surface area contributed by atoms with Crippen LogP contribution < -0.4 is 5.32 Å². The summed E-state index contributed by atoms with van der Waals surface area (Å²) in [6.45, 7) is -0.179. The minimum Gasteiger partial charge on any atom is -0.480 e. The van der Waals surface area contributed by atoms with Crippen molar-refractivity contribution in [3.63, 3.8) is 0 Å². The second-order valence-electron chi connectivity index (χ2n) is 8.56. The van der Waals surface area contributed by atoms with E-state index in [1.165, 1.54) is 11.1 Å². The lowest BCUT2D eigenvalue weighted by Gasteiger charge is -2.36. The van der Waals surface area contributed by atoms with Gasteiger partial charge >= 0.3 is 12.1 Å². The first-order valence-electron chi connectivity index (χ1n) is 11.0. The Morgan fingerprint density at radius 3 is 2.24 bits per heavy atom. The highest BCUT2D eigenvalue weighted by molar-refractivity contribution is 5.82. The number of hydrogen-bond acceptors (Lipinski definition) is 4. The van der Waals surface area contributed by atoms with Crippen molar-refractivity contribution in [3.8, 4) is 23.5 Å². The highest BCUT2D eigenvalue weighted by Crippen LogP contribution is 2.44. The number of alkyl carbamates (subject to hydrolysis) is 1. The van der Waals surface area contributed by atoms with Crippen molar-refractivity contribution in [1.82, 2.24) is 10.2 Å². The van der Waals surface area contributed by atoms with Crippen LogP contribution in [0.2, 0.25) is 0 Å². The van der Waals surface area contributed by atoms with Crippen molar-refractivity contribution in [2.75, 3.05) is 19.7 Å². The molecule has 0 atom stereocenters. The van der Waals surface area contributed by atoms with E-state index in [-0.39, 0.29) is 43.4 Å². The molecule has 0 unspecified atom stereocenters. The number of carbonyl (C=O) groups is 3. The maximum absolute atomic E-state index is 12.4. The Balaban J connectivity index is 1.24. The first kappa shape index (κ1) is 22.4. The van der Waals surface area contributed by atoms with E-state index in [9.17, 15) is 14.4 Å². The Labute approximate surface area is 192 Å². The first-order chi connectivity index (χ1) is 16.0. The Kier molecular flexibility index (Phi) is 6.64. The molecule has 2 aliphatic carbocycles. The van der Waals surface area contributed by atoms with Crippen LogP contribution in [0.4, 0.5) is 4.79 Å². The molecule has 0 radical (unpaired) electrons. The third kappa shape index (κ3) is 5.01. The number of rotatable bonds is 8. The number of carboxylic acid groups (broad SMARTS) is 1. The molecule has 0 aromatic heterocycles. The van der Waals surface area contributed by atoms with Crippen LogP contribution in [0.3, 0.4) is 0 Å². The fourth-order valence-corrected chi connectivity index (χ4v) is 4.71. The quantitative estimate of drug-likeness (QED) is 0.607. The molecule has 2 aliphatic rings. The molecule has 33 heavy (non-hydrogen) atoms. The lowest BCUT2D eigenvalue weighted by Crippen LogP contribution is -2.46. The number of carbonyl (C=O) groups excluding carboxylic acids is 2. The Hall–Kier alpha value is -3.79. The van der Waals surface area contributed by atoms with Gasteiger partial charge in [0.1, 0.15) is 13.2 Å². The molecule has 0 aliphatic heterocycles. The monoisotopic (exact) mass is 446 g/mol. The number of ether oxygens (including phenoxy) is 1. The SMILES string of the molecule is C#CCN(CC(=O)O)C(=O)CC1CC(NC(=O)OCC2c3ccccc3-c3ccccc32)C1. The molecule has 0 bridgehead atoms. The van der Waals surface area contributed by atoms with E-state index in [1.807, 2.05) is 24.3 Å². The van der Waals surface area contributed by atoms with Gasteiger partial charge in [0.15, 0.2) is 0 Å². The van der Waals surface area contributed by atoms with Crippen LogP contribution in [0.5, 0.6) is 0 Å². The third-order valence-corrected chi connectivity index (χ3v) is 6.33. The van der Waals surface area contributed by atoms with E-state index in [0.717, 1.165) is 16.0 Å². The Bertz CT molecular complexity index is 1050. The van der Waals surface area contributed by atoms with Crippen molar-refractivity contribution < 1.29 is 24.2 Å². The van der Waals surface area contributed by atoms with E-state index < -0.39 is 18.6 Å². The van der Waals surface area contributed by atoms with Crippen LogP contribution >= 0.6 is 0 Å². The number of carboxylic acids is 1. The van der Waals surface area contributed by atoms with Gasteiger partial charge in [0.25, 0.3) is 0 Å². The summed E-state index contributed by atoms with van der Waals surface area (Å²) < 4.78 is 5.56. The van der Waals surface area contributed by atoms with Crippen LogP contribution in [0, 0.1) is 18.3 Å². The van der Waals surface area contributed by atoms with Gasteiger partial charge in [0, 0.05) is 18.4 Å². The molecule has 2 amide bonds. The summed E-state index contributed by atoms with van der Waals surface area (Å²) in [6.07, 6.45) is 6.27. The molecular weight excluding hydrogens is 420 g/mol. The number of amides is 2. The predicted molar refractivity (Wildman–Crippen MR) is 122 cm³/mol. The van der Waals surface area contributed by atoms with Crippen molar-refractivity contribution in [2.45, 2.75) is 31.2 Å². The second-order valence-corrected chi connectivity index (χ2v) is 8.56. The summed E-state index contributed by atoms with van der Waals surface area (Å²) in [5, 5.41) is 11.8. The highest BCUT2D eigenvalue weighted by atomic mass is 16.5. The third-order valence-electron chi connectivity index (χ3n) is 6.33. The average Bonchev–Trinajstić information content (AvgIpc) is 3.09. The van der Waals surface area contributed by atoms with E-state index in [1.54, 1.807) is 0 Å². The standard InChI is InChI=1S/C26H26N2O5/c1-2-11-28(15-25(30)31)24(29)14-17-12-18(13-17)27-26(32)33-16-23-21-9-5-3-7-19(21)20-8-4-6-10-22(20)23/h1,3-10,17-18,23H,11-16H2,(H,27,32)(H,30,31). The van der Waals surface area contributed by atoms with Gasteiger partial charge in [-0.15, -0.1) is 6.42 Å². The fourth-order valence-electron chi connectivity index (χ4n) is 4.71. The summed E-state index contributed by atoms with van der Waals surface area (Å²) in [4.78, 5) is 36.7. The molecule has 7 nitrogen and oxygen atoms in total. The fraction of sp³-hybridized carbons (Fsp3) is 0.346. The molecule has 1 fully saturated rings.